The van der Waals surface area contributed by atoms with Crippen LogP contribution in [0.5, 0.6) is 0 Å². The number of aryl methyl sites for hydroxylation is 1. The van der Waals surface area contributed by atoms with E-state index in [-0.39, 0.29) is 42.7 Å². The number of rotatable bonds is 3. The van der Waals surface area contributed by atoms with E-state index in [1.54, 1.807) is 23.7 Å². The Labute approximate surface area is 154 Å². The highest BCUT2D eigenvalue weighted by Gasteiger charge is 2.15. The molecule has 2 aromatic heterocycles. The van der Waals surface area contributed by atoms with Crippen LogP contribution in [0.2, 0.25) is 0 Å². The van der Waals surface area contributed by atoms with Crippen LogP contribution >= 0.6 is 12.4 Å². The van der Waals surface area contributed by atoms with Gasteiger partial charge in [0.25, 0.3) is 0 Å². The van der Waals surface area contributed by atoms with Crippen LogP contribution in [0.1, 0.15) is 18.7 Å². The van der Waals surface area contributed by atoms with Crippen molar-refractivity contribution in [2.24, 2.45) is 7.05 Å². The zero-order valence-electron chi connectivity index (χ0n) is 13.7. The monoisotopic (exact) mass is 375 g/mol. The number of fused-ring (bicyclic) bond motifs is 1. The van der Waals surface area contributed by atoms with Crippen LogP contribution in [0.25, 0.3) is 22.6 Å². The highest BCUT2D eigenvalue weighted by atomic mass is 35.5. The first-order valence-corrected chi connectivity index (χ1v) is 7.42. The molecule has 3 aromatic rings. The number of nitrogens with zero attached hydrogens (tertiary/aromatic N) is 4. The third-order valence-electron chi connectivity index (χ3n) is 3.49. The molecule has 0 unspecified atom stereocenters. The minimum atomic E-state index is -0.920. The first-order valence-electron chi connectivity index (χ1n) is 7.42. The Bertz CT molecular complexity index is 1040. The predicted octanol–water partition coefficient (Wildman–Crippen LogP) is 2.39. The van der Waals surface area contributed by atoms with Crippen molar-refractivity contribution in [3.63, 3.8) is 0 Å². The lowest BCUT2D eigenvalue weighted by Crippen LogP contribution is -2.00. The number of carboxylic acids is 1. The number of nitrogen functional groups attached to an aromatic ring is 1. The quantitative estimate of drug-likeness (QED) is 0.681. The predicted molar refractivity (Wildman–Crippen MR) is 97.1 cm³/mol. The van der Waals surface area contributed by atoms with Crippen LogP contribution in [0.4, 0.5) is 10.2 Å². The molecule has 0 fully saturated rings. The number of carboxylic acid groups (broad SMARTS) is 1. The third kappa shape index (κ3) is 3.90. The molecule has 3 rings (SSSR count). The van der Waals surface area contributed by atoms with Gasteiger partial charge in [-0.25, -0.2) is 19.3 Å². The lowest BCUT2D eigenvalue weighted by molar-refractivity contribution is -0.136. The molecule has 134 valence electrons. The summed E-state index contributed by atoms with van der Waals surface area (Å²) in [6.45, 7) is 0. The molecule has 0 bridgehead atoms. The first-order chi connectivity index (χ1) is 12.0. The molecule has 0 aliphatic heterocycles. The summed E-state index contributed by atoms with van der Waals surface area (Å²) in [7, 11) is 1.74. The van der Waals surface area contributed by atoms with E-state index in [4.69, 9.17) is 10.8 Å². The number of hydrogen-bond acceptors (Lipinski definition) is 5. The fraction of sp³-hybridized carbons (Fsp3) is 0.176. The zero-order valence-corrected chi connectivity index (χ0v) is 14.5. The Morgan fingerprint density at radius 2 is 2.12 bits per heavy atom. The van der Waals surface area contributed by atoms with E-state index < -0.39 is 5.97 Å². The van der Waals surface area contributed by atoms with Crippen LogP contribution in [-0.4, -0.2) is 30.6 Å². The second-order valence-corrected chi connectivity index (χ2v) is 5.30. The molecule has 1 aromatic carbocycles. The summed E-state index contributed by atoms with van der Waals surface area (Å²) < 4.78 is 15.1. The fourth-order valence-electron chi connectivity index (χ4n) is 2.33. The Hall–Kier alpha value is -3.18. The number of benzene rings is 1. The van der Waals surface area contributed by atoms with Gasteiger partial charge in [-0.05, 0) is 18.1 Å². The molecule has 9 heteroatoms. The Morgan fingerprint density at radius 1 is 1.35 bits per heavy atom. The molecule has 0 saturated carbocycles. The Morgan fingerprint density at radius 3 is 2.81 bits per heavy atom. The van der Waals surface area contributed by atoms with Crippen molar-refractivity contribution in [1.29, 1.82) is 0 Å². The molecule has 0 aliphatic rings. The number of hydrogen-bond donors (Lipinski definition) is 2. The molecule has 7 nitrogen and oxygen atoms in total. The van der Waals surface area contributed by atoms with Gasteiger partial charge in [0, 0.05) is 19.0 Å². The van der Waals surface area contributed by atoms with Gasteiger partial charge in [-0.1, -0.05) is 18.1 Å². The number of halogens is 2. The van der Waals surface area contributed by atoms with Gasteiger partial charge in [0.1, 0.15) is 11.6 Å². The number of aromatic nitrogens is 4. The van der Waals surface area contributed by atoms with Crippen molar-refractivity contribution in [2.75, 3.05) is 5.73 Å². The van der Waals surface area contributed by atoms with Crippen molar-refractivity contribution in [2.45, 2.75) is 12.8 Å². The zero-order chi connectivity index (χ0) is 18.0. The van der Waals surface area contributed by atoms with Crippen LogP contribution in [0.3, 0.4) is 0 Å². The summed E-state index contributed by atoms with van der Waals surface area (Å²) in [4.78, 5) is 23.3. The summed E-state index contributed by atoms with van der Waals surface area (Å²) in [6.07, 6.45) is 0.136. The topological polar surface area (TPSA) is 107 Å². The lowest BCUT2D eigenvalue weighted by atomic mass is 10.2. The minimum Gasteiger partial charge on any atom is -0.481 e. The van der Waals surface area contributed by atoms with Gasteiger partial charge < -0.3 is 15.4 Å². The molecule has 0 saturated heterocycles. The average molecular weight is 376 g/mol. The maximum Gasteiger partial charge on any atom is 0.304 e. The number of carbonyl (C=O) groups is 1. The maximum atomic E-state index is 13.5. The van der Waals surface area contributed by atoms with E-state index in [0.29, 0.717) is 22.6 Å². The Balaban J connectivity index is 0.00000243. The SMILES string of the molecule is Cl.Cn1c(-c2cccc(F)c2)nc2c(N)nc(C#CCCC(=O)O)nc21. The summed E-state index contributed by atoms with van der Waals surface area (Å²) >= 11 is 0. The van der Waals surface area contributed by atoms with Gasteiger partial charge in [0.15, 0.2) is 17.0 Å². The number of imidazole rings is 1. The van der Waals surface area contributed by atoms with E-state index >= 15 is 0 Å². The summed E-state index contributed by atoms with van der Waals surface area (Å²) in [5.74, 6) is 4.96. The summed E-state index contributed by atoms with van der Waals surface area (Å²) in [5.41, 5.74) is 7.40. The smallest absolute Gasteiger partial charge is 0.304 e. The van der Waals surface area contributed by atoms with Gasteiger partial charge in [0.2, 0.25) is 5.82 Å². The number of nitrogens with two attached hydrogens (primary N) is 1. The molecule has 0 atom stereocenters. The van der Waals surface area contributed by atoms with Crippen molar-refractivity contribution in [3.05, 3.63) is 35.9 Å². The normalized spacial score (nSPS) is 10.1. The third-order valence-corrected chi connectivity index (χ3v) is 3.49. The van der Waals surface area contributed by atoms with Crippen molar-refractivity contribution < 1.29 is 14.3 Å². The minimum absolute atomic E-state index is 0. The van der Waals surface area contributed by atoms with Crippen LogP contribution in [0, 0.1) is 17.7 Å². The molecule has 0 aliphatic carbocycles. The molecule has 0 spiro atoms. The fourth-order valence-corrected chi connectivity index (χ4v) is 2.33. The molecule has 3 N–H and O–H groups in total. The van der Waals surface area contributed by atoms with E-state index in [2.05, 4.69) is 26.8 Å². The van der Waals surface area contributed by atoms with Crippen molar-refractivity contribution in [1.82, 2.24) is 19.5 Å². The van der Waals surface area contributed by atoms with Crippen molar-refractivity contribution >= 4 is 35.4 Å². The summed E-state index contributed by atoms with van der Waals surface area (Å²) in [6, 6.07) is 6.06. The highest BCUT2D eigenvalue weighted by Crippen LogP contribution is 2.25. The van der Waals surface area contributed by atoms with E-state index in [1.165, 1.54) is 12.1 Å². The molecule has 0 radical (unpaired) electrons. The average Bonchev–Trinajstić information content (AvgIpc) is 2.89. The van der Waals surface area contributed by atoms with Crippen LogP contribution in [-0.2, 0) is 11.8 Å². The van der Waals surface area contributed by atoms with Crippen LogP contribution < -0.4 is 5.73 Å². The van der Waals surface area contributed by atoms with Gasteiger partial charge in [-0.15, -0.1) is 12.4 Å². The molecule has 2 heterocycles. The van der Waals surface area contributed by atoms with Crippen LogP contribution in [0.15, 0.2) is 24.3 Å². The molecule has 0 amide bonds. The lowest BCUT2D eigenvalue weighted by Gasteiger charge is -2.02. The number of aliphatic carboxylic acids is 1. The second kappa shape index (κ2) is 7.80. The first kappa shape index (κ1) is 19.1. The molecule has 26 heavy (non-hydrogen) atoms. The maximum absolute atomic E-state index is 13.5. The molecular weight excluding hydrogens is 361 g/mol. The summed E-state index contributed by atoms with van der Waals surface area (Å²) in [5, 5.41) is 8.61. The van der Waals surface area contributed by atoms with E-state index in [9.17, 15) is 9.18 Å². The van der Waals surface area contributed by atoms with Gasteiger partial charge in [-0.2, -0.15) is 0 Å². The van der Waals surface area contributed by atoms with Gasteiger partial charge >= 0.3 is 5.97 Å². The highest BCUT2D eigenvalue weighted by molar-refractivity contribution is 5.86. The largest absolute Gasteiger partial charge is 0.481 e. The van der Waals surface area contributed by atoms with E-state index in [0.717, 1.165) is 0 Å². The van der Waals surface area contributed by atoms with Gasteiger partial charge in [0.05, 0.1) is 6.42 Å². The van der Waals surface area contributed by atoms with E-state index in [1.807, 2.05) is 0 Å². The Kier molecular flexibility index (Phi) is 5.75. The molecular formula is C17H15ClFN5O2. The standard InChI is InChI=1S/C17H14FN5O2.ClH/c1-23-16(10-5-4-6-11(18)9-10)22-14-15(19)20-12(21-17(14)23)7-2-3-8-13(24)25;/h4-6,9H,3,8H2,1H3,(H,24,25)(H2,19,20,21);1H. The number of anilines is 1. The van der Waals surface area contributed by atoms with Gasteiger partial charge in [-0.3, -0.25) is 4.79 Å². The second-order valence-electron chi connectivity index (χ2n) is 5.30. The van der Waals surface area contributed by atoms with Crippen molar-refractivity contribution in [3.8, 4) is 23.2 Å².